The number of fused-ring (bicyclic) bond motifs is 2. The Morgan fingerprint density at radius 1 is 1.10 bits per heavy atom. The van der Waals surface area contributed by atoms with E-state index in [1.807, 2.05) is 47.9 Å². The van der Waals surface area contributed by atoms with Gasteiger partial charge in [-0.2, -0.15) is 4.57 Å². The van der Waals surface area contributed by atoms with E-state index < -0.39 is 15.9 Å². The third-order valence-electron chi connectivity index (χ3n) is 7.70. The molecule has 3 aromatic rings. The van der Waals surface area contributed by atoms with Gasteiger partial charge in [0.05, 0.1) is 15.8 Å². The van der Waals surface area contributed by atoms with E-state index in [1.165, 1.54) is 15.8 Å². The number of benzene rings is 2. The number of unbranched alkanes of at least 4 members (excludes halogenated alkanes) is 1. The van der Waals surface area contributed by atoms with Crippen LogP contribution in [0, 0.1) is 13.8 Å². The Morgan fingerprint density at radius 3 is 2.62 bits per heavy atom. The number of rotatable bonds is 13. The second-order valence-corrected chi connectivity index (χ2v) is 13.9. The predicted molar refractivity (Wildman–Crippen MR) is 166 cm³/mol. The van der Waals surface area contributed by atoms with Crippen LogP contribution in [-0.4, -0.2) is 48.7 Å². The Hall–Kier alpha value is -3.21. The molecule has 0 saturated carbocycles. The molecule has 0 bridgehead atoms. The predicted octanol–water partition coefficient (Wildman–Crippen LogP) is 5.68. The molecule has 1 atom stereocenters. The summed E-state index contributed by atoms with van der Waals surface area (Å²) in [4.78, 5) is 16.0. The first-order valence-corrected chi connectivity index (χ1v) is 17.1. The Labute approximate surface area is 252 Å². The standard InChI is InChI=1S/C32H39N3O5S2/c1-5-14-35-25(32(35)36)9-6-7-15-34-27-19-23(3)11-13-29(27)41-31(34)21-24(4)20-30-33(16-8-17-42(37,38)39)26-18-22(2)10-12-28(26)40-30/h10-13,18-21,25H,5-9,14-17H2,1-4H3. The maximum Gasteiger partial charge on any atom is 0.263 e. The van der Waals surface area contributed by atoms with E-state index in [1.54, 1.807) is 11.3 Å². The molecular formula is C32H39N3O5S2. The fraction of sp³-hybridized carbons (Fsp3) is 0.438. The van der Waals surface area contributed by atoms with Gasteiger partial charge in [-0.05, 0) is 81.4 Å². The topological polar surface area (TPSA) is 93.6 Å². The Balaban J connectivity index is 1.37. The van der Waals surface area contributed by atoms with E-state index in [4.69, 9.17) is 4.74 Å². The zero-order valence-electron chi connectivity index (χ0n) is 24.8. The molecule has 5 rings (SSSR count). The quantitative estimate of drug-likeness (QED) is 0.107. The van der Waals surface area contributed by atoms with Gasteiger partial charge < -0.3 is 19.1 Å². The highest BCUT2D eigenvalue weighted by Gasteiger charge is 2.43. The van der Waals surface area contributed by atoms with E-state index in [-0.39, 0.29) is 12.5 Å². The van der Waals surface area contributed by atoms with Crippen LogP contribution in [0.2, 0.25) is 0 Å². The number of carbonyl (C=O) groups excluding carboxylic acids is 1. The van der Waals surface area contributed by atoms with Gasteiger partial charge in [0.2, 0.25) is 17.3 Å². The summed E-state index contributed by atoms with van der Waals surface area (Å²) < 4.78 is 43.5. The lowest BCUT2D eigenvalue weighted by Crippen LogP contribution is -2.35. The van der Waals surface area contributed by atoms with Gasteiger partial charge >= 0.3 is 0 Å². The van der Waals surface area contributed by atoms with Gasteiger partial charge in [0.15, 0.2) is 12.3 Å². The number of aromatic nitrogens is 1. The van der Waals surface area contributed by atoms with Gasteiger partial charge in [0.1, 0.15) is 10.7 Å². The average Bonchev–Trinajstić information content (AvgIpc) is 3.21. The fourth-order valence-electron chi connectivity index (χ4n) is 5.58. The molecule has 0 radical (unpaired) electrons. The Kier molecular flexibility index (Phi) is 9.05. The lowest BCUT2D eigenvalue weighted by atomic mass is 10.2. The van der Waals surface area contributed by atoms with Crippen molar-refractivity contribution in [2.24, 2.45) is 0 Å². The molecule has 2 aliphatic rings. The lowest BCUT2D eigenvalue weighted by Gasteiger charge is -2.19. The molecule has 42 heavy (non-hydrogen) atoms. The maximum atomic E-state index is 12.0. The van der Waals surface area contributed by atoms with Gasteiger partial charge in [-0.25, -0.2) is 8.42 Å². The lowest BCUT2D eigenvalue weighted by molar-refractivity contribution is -0.669. The molecular weight excluding hydrogens is 571 g/mol. The molecule has 1 fully saturated rings. The molecule has 1 aromatic heterocycles. The minimum atomic E-state index is -4.29. The van der Waals surface area contributed by atoms with Crippen molar-refractivity contribution < 1.29 is 27.1 Å². The summed E-state index contributed by atoms with van der Waals surface area (Å²) in [6, 6.07) is 12.6. The average molecular weight is 610 g/mol. The van der Waals surface area contributed by atoms with Crippen molar-refractivity contribution in [1.82, 2.24) is 4.90 Å². The van der Waals surface area contributed by atoms with Gasteiger partial charge in [-0.3, -0.25) is 4.79 Å². The highest BCUT2D eigenvalue weighted by Crippen LogP contribution is 2.40. The van der Waals surface area contributed by atoms with Crippen molar-refractivity contribution in [3.63, 3.8) is 0 Å². The monoisotopic (exact) mass is 609 g/mol. The maximum absolute atomic E-state index is 12.0. The molecule has 0 spiro atoms. The van der Waals surface area contributed by atoms with Crippen LogP contribution in [0.5, 0.6) is 5.75 Å². The summed E-state index contributed by atoms with van der Waals surface area (Å²) in [6.45, 7) is 10.3. The van der Waals surface area contributed by atoms with E-state index in [0.717, 1.165) is 60.6 Å². The van der Waals surface area contributed by atoms with Crippen LogP contribution in [-0.2, 0) is 21.5 Å². The summed E-state index contributed by atoms with van der Waals surface area (Å²) in [5, 5.41) is 1.13. The van der Waals surface area contributed by atoms with Crippen molar-refractivity contribution in [2.45, 2.75) is 72.4 Å². The van der Waals surface area contributed by atoms with Gasteiger partial charge in [-0.1, -0.05) is 30.4 Å². The number of carbonyl (C=O) groups is 1. The first-order chi connectivity index (χ1) is 20.0. The highest BCUT2D eigenvalue weighted by molar-refractivity contribution is 7.85. The number of ether oxygens (including phenoxy) is 1. The van der Waals surface area contributed by atoms with E-state index >= 15 is 0 Å². The van der Waals surface area contributed by atoms with Crippen LogP contribution in [0.15, 0.2) is 53.9 Å². The fourth-order valence-corrected chi connectivity index (χ4v) is 7.24. The van der Waals surface area contributed by atoms with Gasteiger partial charge in [-0.15, -0.1) is 0 Å². The molecule has 10 heteroatoms. The number of aryl methyl sites for hydroxylation is 3. The Bertz CT molecular complexity index is 1660. The molecule has 1 saturated heterocycles. The van der Waals surface area contributed by atoms with Crippen LogP contribution in [0.3, 0.4) is 0 Å². The number of nitrogens with zero attached hydrogens (tertiary/aromatic N) is 3. The van der Waals surface area contributed by atoms with Crippen molar-refractivity contribution in [2.75, 3.05) is 23.7 Å². The number of hydrogen-bond acceptors (Lipinski definition) is 7. The number of amides is 1. The second-order valence-electron chi connectivity index (χ2n) is 11.3. The molecule has 0 aliphatic carbocycles. The van der Waals surface area contributed by atoms with Crippen molar-refractivity contribution in [3.8, 4) is 5.75 Å². The van der Waals surface area contributed by atoms with E-state index in [9.17, 15) is 17.8 Å². The molecule has 3 heterocycles. The summed E-state index contributed by atoms with van der Waals surface area (Å²) >= 11 is 1.75. The highest BCUT2D eigenvalue weighted by atomic mass is 32.2. The van der Waals surface area contributed by atoms with Crippen LogP contribution in [0.1, 0.15) is 62.1 Å². The first kappa shape index (κ1) is 30.3. The van der Waals surface area contributed by atoms with Crippen LogP contribution >= 0.6 is 11.3 Å². The number of hydrogen-bond donors (Lipinski definition) is 0. The minimum absolute atomic E-state index is 0.112. The number of anilines is 1. The molecule has 1 amide bonds. The van der Waals surface area contributed by atoms with Crippen molar-refractivity contribution >= 4 is 49.3 Å². The van der Waals surface area contributed by atoms with E-state index in [0.29, 0.717) is 24.1 Å². The number of thiazole rings is 1. The number of allylic oxidation sites excluding steroid dienone is 2. The first-order valence-electron chi connectivity index (χ1n) is 14.7. The van der Waals surface area contributed by atoms with Gasteiger partial charge in [0.25, 0.3) is 5.01 Å². The molecule has 8 nitrogen and oxygen atoms in total. The zero-order chi connectivity index (χ0) is 30.0. The zero-order valence-corrected chi connectivity index (χ0v) is 26.4. The van der Waals surface area contributed by atoms with Crippen molar-refractivity contribution in [1.29, 1.82) is 0 Å². The molecule has 2 aliphatic heterocycles. The minimum Gasteiger partial charge on any atom is -0.748 e. The smallest absolute Gasteiger partial charge is 0.263 e. The molecule has 224 valence electrons. The van der Waals surface area contributed by atoms with Crippen LogP contribution in [0.4, 0.5) is 5.69 Å². The summed E-state index contributed by atoms with van der Waals surface area (Å²) in [7, 11) is -4.29. The third kappa shape index (κ3) is 7.04. The molecule has 2 aromatic carbocycles. The Morgan fingerprint density at radius 2 is 1.86 bits per heavy atom. The second kappa shape index (κ2) is 12.6. The van der Waals surface area contributed by atoms with E-state index in [2.05, 4.69) is 42.7 Å². The van der Waals surface area contributed by atoms with Crippen LogP contribution < -0.4 is 14.2 Å². The SMILES string of the molecule is CCCN1C(=O)C1CCCC[n+]1c(C=C(C)C=C2Oc3ccc(C)cc3N2CCCS(=O)(=O)[O-])sc2ccc(C)cc21. The molecule has 1 unspecified atom stereocenters. The molecule has 0 N–H and O–H groups in total. The summed E-state index contributed by atoms with van der Waals surface area (Å²) in [6.07, 6.45) is 8.25. The van der Waals surface area contributed by atoms with Crippen molar-refractivity contribution in [3.05, 3.63) is 70.1 Å². The third-order valence-corrected chi connectivity index (χ3v) is 9.60. The summed E-state index contributed by atoms with van der Waals surface area (Å²) in [5.41, 5.74) is 5.36. The normalized spacial score (nSPS) is 17.8. The summed E-state index contributed by atoms with van der Waals surface area (Å²) in [5.74, 6) is 1.20. The van der Waals surface area contributed by atoms with Crippen LogP contribution in [0.25, 0.3) is 16.3 Å². The largest absolute Gasteiger partial charge is 0.748 e. The van der Waals surface area contributed by atoms with Gasteiger partial charge in [0, 0.05) is 43.5 Å².